The van der Waals surface area contributed by atoms with Crippen LogP contribution in [0.25, 0.3) is 10.8 Å². The molecule has 2 aromatic rings. The Balaban J connectivity index is 0.00000312. The third-order valence-corrected chi connectivity index (χ3v) is 4.24. The molecule has 0 amide bonds. The first kappa shape index (κ1) is 21.8. The quantitative estimate of drug-likeness (QED) is 0.440. The third kappa shape index (κ3) is 4.31. The molecule has 0 aromatic heterocycles. The van der Waals surface area contributed by atoms with Crippen LogP contribution in [0.15, 0.2) is 41.3 Å². The molecule has 0 spiro atoms. The molecule has 0 aliphatic heterocycles. The van der Waals surface area contributed by atoms with Crippen LogP contribution in [-0.4, -0.2) is 31.2 Å². The predicted molar refractivity (Wildman–Crippen MR) is 71.5 cm³/mol. The molecule has 132 valence electrons. The number of alkyl halides is 6. The van der Waals surface area contributed by atoms with Gasteiger partial charge in [-0.2, -0.15) is 17.6 Å². The summed E-state index contributed by atoms with van der Waals surface area (Å²) < 4.78 is 110. The summed E-state index contributed by atoms with van der Waals surface area (Å²) in [5.74, 6) is -10.5. The van der Waals surface area contributed by atoms with Crippen molar-refractivity contribution in [1.29, 1.82) is 0 Å². The Morgan fingerprint density at radius 3 is 2.16 bits per heavy atom. The van der Waals surface area contributed by atoms with Gasteiger partial charge in [0.1, 0.15) is 10.1 Å². The zero-order chi connectivity index (χ0) is 18.3. The summed E-state index contributed by atoms with van der Waals surface area (Å²) in [4.78, 5) is -0.628. The van der Waals surface area contributed by atoms with E-state index in [1.165, 1.54) is 6.07 Å². The average Bonchev–Trinajstić information content (AvgIpc) is 2.45. The molecule has 0 saturated carbocycles. The van der Waals surface area contributed by atoms with Crippen molar-refractivity contribution >= 4 is 20.9 Å². The normalized spacial score (nSPS) is 13.1. The van der Waals surface area contributed by atoms with Gasteiger partial charge in [-0.1, -0.05) is 24.3 Å². The second kappa shape index (κ2) is 7.19. The summed E-state index contributed by atoms with van der Waals surface area (Å²) in [6.45, 7) is 0. The molecule has 25 heavy (non-hydrogen) atoms. The van der Waals surface area contributed by atoms with E-state index in [2.05, 4.69) is 0 Å². The van der Waals surface area contributed by atoms with Crippen LogP contribution in [0.1, 0.15) is 5.56 Å². The number of halogens is 6. The van der Waals surface area contributed by atoms with Crippen LogP contribution >= 0.6 is 0 Å². The van der Waals surface area contributed by atoms with Gasteiger partial charge in [-0.15, -0.1) is 0 Å². The smallest absolute Gasteiger partial charge is 0.744 e. The molecule has 0 atom stereocenters. The van der Waals surface area contributed by atoms with Gasteiger partial charge in [0.05, 0.1) is 4.90 Å². The van der Waals surface area contributed by atoms with Crippen molar-refractivity contribution in [3.8, 4) is 0 Å². The van der Waals surface area contributed by atoms with Crippen LogP contribution in [0, 0.1) is 0 Å². The largest absolute Gasteiger partial charge is 1.00 e. The molecule has 0 N–H and O–H groups in total. The standard InChI is InChI=1S/C14H10F6O3S.Li/c15-12(16)14(19,20)13(17,18)7-9-3-1-2-8-6-10(24(21,22)23)4-5-11(8)9;/h1-6,12H,7H2,(H,21,22,23);/q;+1/p-1. The van der Waals surface area contributed by atoms with E-state index in [9.17, 15) is 39.3 Å². The van der Waals surface area contributed by atoms with Crippen molar-refractivity contribution in [2.45, 2.75) is 29.6 Å². The molecular weight excluding hydrogens is 369 g/mol. The van der Waals surface area contributed by atoms with E-state index in [0.717, 1.165) is 30.3 Å². The fourth-order valence-electron chi connectivity index (χ4n) is 2.16. The molecule has 0 saturated heterocycles. The van der Waals surface area contributed by atoms with Gasteiger partial charge >= 0.3 is 37.1 Å². The number of rotatable bonds is 5. The van der Waals surface area contributed by atoms with Gasteiger partial charge in [-0.25, -0.2) is 17.2 Å². The van der Waals surface area contributed by atoms with Crippen molar-refractivity contribution in [1.82, 2.24) is 0 Å². The van der Waals surface area contributed by atoms with Gasteiger partial charge in [-0.3, -0.25) is 0 Å². The molecule has 0 aliphatic rings. The minimum absolute atomic E-state index is 0. The number of hydrogen-bond acceptors (Lipinski definition) is 3. The molecule has 0 fully saturated rings. The molecule has 2 rings (SSSR count). The monoisotopic (exact) mass is 378 g/mol. The van der Waals surface area contributed by atoms with E-state index in [1.54, 1.807) is 0 Å². The maximum absolute atomic E-state index is 13.6. The molecule has 3 nitrogen and oxygen atoms in total. The van der Waals surface area contributed by atoms with Crippen molar-refractivity contribution in [3.63, 3.8) is 0 Å². The summed E-state index contributed by atoms with van der Waals surface area (Å²) in [5, 5.41) is -0.0183. The van der Waals surface area contributed by atoms with E-state index >= 15 is 0 Å². The predicted octanol–water partition coefficient (Wildman–Crippen LogP) is 0.826. The molecule has 11 heteroatoms. The topological polar surface area (TPSA) is 57.2 Å². The van der Waals surface area contributed by atoms with Crippen molar-refractivity contribution in [2.75, 3.05) is 0 Å². The number of hydrogen-bond donors (Lipinski definition) is 0. The first-order valence-electron chi connectivity index (χ1n) is 6.37. The molecule has 0 heterocycles. The Kier molecular flexibility index (Phi) is 6.28. The van der Waals surface area contributed by atoms with E-state index in [0.29, 0.717) is 0 Å². The second-order valence-electron chi connectivity index (χ2n) is 5.06. The van der Waals surface area contributed by atoms with Crippen molar-refractivity contribution in [2.24, 2.45) is 0 Å². The Bertz CT molecular complexity index is 870. The van der Waals surface area contributed by atoms with Crippen LogP contribution in [-0.2, 0) is 16.5 Å². The zero-order valence-electron chi connectivity index (χ0n) is 12.6. The van der Waals surface area contributed by atoms with E-state index in [-0.39, 0.29) is 35.2 Å². The first-order valence-corrected chi connectivity index (χ1v) is 7.78. The van der Waals surface area contributed by atoms with Crippen molar-refractivity contribution in [3.05, 3.63) is 42.0 Å². The summed E-state index contributed by atoms with van der Waals surface area (Å²) in [5.41, 5.74) is -0.382. The number of benzene rings is 2. The fourth-order valence-corrected chi connectivity index (χ4v) is 2.66. The second-order valence-corrected chi connectivity index (χ2v) is 6.44. The Morgan fingerprint density at radius 2 is 1.64 bits per heavy atom. The Hall–Kier alpha value is -1.21. The first-order chi connectivity index (χ1) is 10.9. The minimum Gasteiger partial charge on any atom is -0.744 e. The molecular formula is C14H9F6LiO3S. The van der Waals surface area contributed by atoms with Gasteiger partial charge in [0.25, 0.3) is 0 Å². The fraction of sp³-hybridized carbons (Fsp3) is 0.286. The van der Waals surface area contributed by atoms with E-state index in [4.69, 9.17) is 0 Å². The maximum Gasteiger partial charge on any atom is 1.00 e. The van der Waals surface area contributed by atoms with Gasteiger partial charge in [0, 0.05) is 6.42 Å². The van der Waals surface area contributed by atoms with Crippen LogP contribution in [0.3, 0.4) is 0 Å². The minimum atomic E-state index is -5.52. The van der Waals surface area contributed by atoms with Gasteiger partial charge in [0.15, 0.2) is 0 Å². The molecule has 0 unspecified atom stereocenters. The summed E-state index contributed by atoms with van der Waals surface area (Å²) >= 11 is 0. The molecule has 2 aromatic carbocycles. The molecule has 0 bridgehead atoms. The SMILES string of the molecule is O=S(=O)([O-])c1ccc2c(CC(F)(F)C(F)(F)C(F)F)cccc2c1.[Li+]. The summed E-state index contributed by atoms with van der Waals surface area (Å²) in [6, 6.07) is 6.18. The summed E-state index contributed by atoms with van der Waals surface area (Å²) in [6.07, 6.45) is -6.22. The van der Waals surface area contributed by atoms with Crippen LogP contribution in [0.4, 0.5) is 26.3 Å². The van der Waals surface area contributed by atoms with Gasteiger partial charge < -0.3 is 4.55 Å². The molecule has 0 radical (unpaired) electrons. The van der Waals surface area contributed by atoms with Crippen LogP contribution in [0.2, 0.25) is 0 Å². The number of fused-ring (bicyclic) bond motifs is 1. The maximum atomic E-state index is 13.6. The Labute approximate surface area is 150 Å². The van der Waals surface area contributed by atoms with Crippen LogP contribution < -0.4 is 18.9 Å². The third-order valence-electron chi connectivity index (χ3n) is 3.41. The van der Waals surface area contributed by atoms with Crippen LogP contribution in [0.5, 0.6) is 0 Å². The zero-order valence-corrected chi connectivity index (χ0v) is 13.5. The Morgan fingerprint density at radius 1 is 1.04 bits per heavy atom. The van der Waals surface area contributed by atoms with E-state index in [1.807, 2.05) is 0 Å². The average molecular weight is 378 g/mol. The van der Waals surface area contributed by atoms with Gasteiger partial charge in [-0.05, 0) is 28.5 Å². The van der Waals surface area contributed by atoms with Gasteiger partial charge in [0.2, 0.25) is 0 Å². The van der Waals surface area contributed by atoms with E-state index < -0.39 is 39.7 Å². The molecule has 0 aliphatic carbocycles. The van der Waals surface area contributed by atoms with Crippen molar-refractivity contribution < 1.29 is 58.2 Å². The summed E-state index contributed by atoms with van der Waals surface area (Å²) in [7, 11) is -4.79.